The first-order chi connectivity index (χ1) is 4.54. The highest BCUT2D eigenvalue weighted by Crippen LogP contribution is 1.74. The van der Waals surface area contributed by atoms with Crippen LogP contribution in [0.25, 0.3) is 0 Å². The number of carboxylic acid groups (broad SMARTS) is 2. The normalized spacial score (nSPS) is 7.20. The first-order valence-corrected chi connectivity index (χ1v) is 2.79. The molecule has 0 radical (unpaired) electrons. The van der Waals surface area contributed by atoms with Gasteiger partial charge in [-0.3, -0.25) is 9.59 Å². The fourth-order valence-electron chi connectivity index (χ4n) is 0.129. The summed E-state index contributed by atoms with van der Waals surface area (Å²) in [5.74, 6) is -2.62. The number of hydrogen-bond acceptors (Lipinski definition) is 4. The van der Waals surface area contributed by atoms with E-state index in [1.165, 1.54) is 0 Å². The molecule has 10 heavy (non-hydrogen) atoms. The molecule has 0 aromatic carbocycles. The van der Waals surface area contributed by atoms with E-state index in [-0.39, 0.29) is 0 Å². The SMILES string of the molecule is O=C(O)CC(=O)O.O=[SH2]=O. The van der Waals surface area contributed by atoms with Gasteiger partial charge in [0.15, 0.2) is 0 Å². The minimum Gasteiger partial charge on any atom is -0.481 e. The quantitative estimate of drug-likeness (QED) is 0.480. The smallest absolute Gasteiger partial charge is 0.314 e. The van der Waals surface area contributed by atoms with Gasteiger partial charge in [-0.05, 0) is 0 Å². The van der Waals surface area contributed by atoms with Crippen molar-refractivity contribution < 1.29 is 28.2 Å². The molecule has 0 aromatic rings. The van der Waals surface area contributed by atoms with Crippen molar-refractivity contribution >= 4 is 23.5 Å². The van der Waals surface area contributed by atoms with Crippen LogP contribution in [-0.2, 0) is 21.2 Å². The maximum atomic E-state index is 9.43. The third-order valence-corrected chi connectivity index (χ3v) is 0.302. The summed E-state index contributed by atoms with van der Waals surface area (Å²) in [6.45, 7) is 0. The van der Waals surface area contributed by atoms with Crippen molar-refractivity contribution in [2.24, 2.45) is 0 Å². The van der Waals surface area contributed by atoms with Gasteiger partial charge in [-0.1, -0.05) is 0 Å². The van der Waals surface area contributed by atoms with Gasteiger partial charge >= 0.3 is 11.9 Å². The number of aliphatic carboxylic acids is 2. The summed E-state index contributed by atoms with van der Waals surface area (Å²) in [7, 11) is 0. The summed E-state index contributed by atoms with van der Waals surface area (Å²) in [5.41, 5.74) is 0. The third kappa shape index (κ3) is 28.6. The summed E-state index contributed by atoms with van der Waals surface area (Å²) in [4.78, 5) is 18.9. The fourth-order valence-corrected chi connectivity index (χ4v) is 0.129. The van der Waals surface area contributed by atoms with Gasteiger partial charge in [0, 0.05) is 0 Å². The highest BCUT2D eigenvalue weighted by molar-refractivity contribution is 7.51. The molecule has 0 aliphatic heterocycles. The molecule has 7 heteroatoms. The summed E-state index contributed by atoms with van der Waals surface area (Å²) >= 11 is -1.42. The largest absolute Gasteiger partial charge is 0.481 e. The second-order valence-corrected chi connectivity index (χ2v) is 1.21. The van der Waals surface area contributed by atoms with Crippen molar-refractivity contribution in [3.63, 3.8) is 0 Å². The van der Waals surface area contributed by atoms with Crippen LogP contribution in [-0.4, -0.2) is 30.6 Å². The zero-order chi connectivity index (χ0) is 8.57. The van der Waals surface area contributed by atoms with Crippen molar-refractivity contribution in [3.05, 3.63) is 0 Å². The molecule has 0 saturated carbocycles. The minimum absolute atomic E-state index is 0.806. The van der Waals surface area contributed by atoms with Gasteiger partial charge < -0.3 is 10.2 Å². The van der Waals surface area contributed by atoms with Crippen molar-refractivity contribution in [2.75, 3.05) is 0 Å². The molecule has 0 bridgehead atoms. The van der Waals surface area contributed by atoms with Crippen molar-refractivity contribution in [1.29, 1.82) is 0 Å². The zero-order valence-corrected chi connectivity index (χ0v) is 5.73. The second-order valence-electron chi connectivity index (χ2n) is 1.05. The first-order valence-electron chi connectivity index (χ1n) is 1.97. The third-order valence-electron chi connectivity index (χ3n) is 0.302. The molecule has 0 fully saturated rings. The van der Waals surface area contributed by atoms with Crippen LogP contribution in [0.5, 0.6) is 0 Å². The lowest BCUT2D eigenvalue weighted by molar-refractivity contribution is -0.147. The van der Waals surface area contributed by atoms with E-state index in [1.54, 1.807) is 0 Å². The Balaban J connectivity index is 0. The minimum atomic E-state index is -1.42. The standard InChI is InChI=1S/C3H4O4.H2O2S/c4-2(5)1-3(6)7;1-3-2/h1H2,(H,4,5)(H,6,7);3H2. The van der Waals surface area contributed by atoms with Gasteiger partial charge in [0.05, 0.1) is 0 Å². The van der Waals surface area contributed by atoms with Gasteiger partial charge in [-0.2, -0.15) is 0 Å². The summed E-state index contributed by atoms with van der Waals surface area (Å²) in [6, 6.07) is 0. The van der Waals surface area contributed by atoms with Gasteiger partial charge in [-0.15, -0.1) is 0 Å². The molecule has 0 saturated heterocycles. The molecule has 0 unspecified atom stereocenters. The average Bonchev–Trinajstić information content (AvgIpc) is 1.62. The van der Waals surface area contributed by atoms with Crippen LogP contribution in [0, 0.1) is 0 Å². The number of hydrogen-bond donors (Lipinski definition) is 2. The van der Waals surface area contributed by atoms with Crippen LogP contribution in [0.2, 0.25) is 0 Å². The van der Waals surface area contributed by atoms with Crippen molar-refractivity contribution in [1.82, 2.24) is 0 Å². The van der Waals surface area contributed by atoms with Crippen LogP contribution in [0.3, 0.4) is 0 Å². The topological polar surface area (TPSA) is 109 Å². The first kappa shape index (κ1) is 11.7. The molecule has 6 nitrogen and oxygen atoms in total. The molecule has 0 aliphatic rings. The van der Waals surface area contributed by atoms with Gasteiger partial charge in [-0.25, -0.2) is 8.42 Å². The Kier molecular flexibility index (Phi) is 9.20. The molecule has 0 amide bonds. The number of carboxylic acids is 2. The molecular weight excluding hydrogens is 164 g/mol. The Morgan fingerprint density at radius 1 is 1.10 bits per heavy atom. The van der Waals surface area contributed by atoms with E-state index in [0.29, 0.717) is 0 Å². The van der Waals surface area contributed by atoms with Gasteiger partial charge in [0.2, 0.25) is 0 Å². The Hall–Kier alpha value is -1.11. The Bertz CT molecular complexity index is 144. The lowest BCUT2D eigenvalue weighted by Gasteiger charge is -1.80. The van der Waals surface area contributed by atoms with E-state index in [4.69, 9.17) is 18.6 Å². The zero-order valence-electron chi connectivity index (χ0n) is 4.73. The lowest BCUT2D eigenvalue weighted by atomic mass is 10.5. The predicted molar refractivity (Wildman–Crippen MR) is 31.6 cm³/mol. The maximum absolute atomic E-state index is 9.43. The molecule has 0 aliphatic carbocycles. The van der Waals surface area contributed by atoms with Crippen LogP contribution < -0.4 is 0 Å². The average molecular weight is 170 g/mol. The summed E-state index contributed by atoms with van der Waals surface area (Å²) in [5, 5.41) is 15.4. The molecular formula is C3H6O6S. The molecule has 0 rings (SSSR count). The van der Waals surface area contributed by atoms with E-state index in [9.17, 15) is 9.59 Å². The monoisotopic (exact) mass is 170 g/mol. The van der Waals surface area contributed by atoms with Crippen LogP contribution in [0.4, 0.5) is 0 Å². The van der Waals surface area contributed by atoms with E-state index in [0.717, 1.165) is 0 Å². The van der Waals surface area contributed by atoms with E-state index < -0.39 is 29.9 Å². The van der Waals surface area contributed by atoms with Gasteiger partial charge in [0.25, 0.3) is 0 Å². The molecule has 0 spiro atoms. The van der Waals surface area contributed by atoms with Crippen LogP contribution in [0.15, 0.2) is 0 Å². The van der Waals surface area contributed by atoms with Crippen molar-refractivity contribution in [3.8, 4) is 0 Å². The molecule has 0 atom stereocenters. The second kappa shape index (κ2) is 7.89. The van der Waals surface area contributed by atoms with E-state index in [1.807, 2.05) is 0 Å². The molecule has 2 N–H and O–H groups in total. The maximum Gasteiger partial charge on any atom is 0.314 e. The number of carbonyl (C=O) groups is 2. The summed E-state index contributed by atoms with van der Waals surface area (Å²) < 4.78 is 16.8. The molecule has 0 heterocycles. The Morgan fingerprint density at radius 2 is 1.30 bits per heavy atom. The highest BCUT2D eigenvalue weighted by Gasteiger charge is 2.01. The predicted octanol–water partition coefficient (Wildman–Crippen LogP) is -1.66. The van der Waals surface area contributed by atoms with Crippen molar-refractivity contribution in [2.45, 2.75) is 6.42 Å². The van der Waals surface area contributed by atoms with Crippen LogP contribution >= 0.6 is 0 Å². The van der Waals surface area contributed by atoms with Gasteiger partial charge in [0.1, 0.15) is 18.0 Å². The highest BCUT2D eigenvalue weighted by atomic mass is 32.1. The molecule has 60 valence electrons. The number of rotatable bonds is 2. The van der Waals surface area contributed by atoms with Crippen LogP contribution in [0.1, 0.15) is 6.42 Å². The van der Waals surface area contributed by atoms with E-state index >= 15 is 0 Å². The Labute approximate surface area is 59.1 Å². The fraction of sp³-hybridized carbons (Fsp3) is 0.333. The summed E-state index contributed by atoms with van der Waals surface area (Å²) in [6.07, 6.45) is -0.806. The lowest BCUT2D eigenvalue weighted by Crippen LogP contribution is -2.03. The molecule has 0 aromatic heterocycles. The Morgan fingerprint density at radius 3 is 1.30 bits per heavy atom. The van der Waals surface area contributed by atoms with E-state index in [2.05, 4.69) is 0 Å².